The minimum atomic E-state index is 0.257. The van der Waals surface area contributed by atoms with Crippen molar-refractivity contribution in [1.82, 2.24) is 0 Å². The molecule has 1 aromatic carbocycles. The molecule has 0 radical (unpaired) electrons. The Morgan fingerprint density at radius 1 is 1.12 bits per heavy atom. The van der Waals surface area contributed by atoms with Crippen molar-refractivity contribution in [3.05, 3.63) is 27.7 Å². The van der Waals surface area contributed by atoms with E-state index in [0.29, 0.717) is 13.2 Å². The first-order valence-electron chi connectivity index (χ1n) is 5.11. The first-order valence-corrected chi connectivity index (χ1v) is 5.90. The molecule has 0 bridgehead atoms. The van der Waals surface area contributed by atoms with Gasteiger partial charge in [0.2, 0.25) is 0 Å². The molecular weight excluding hydrogens is 272 g/mol. The maximum atomic E-state index is 5.57. The van der Waals surface area contributed by atoms with Crippen LogP contribution in [-0.2, 0) is 9.47 Å². The van der Waals surface area contributed by atoms with Crippen LogP contribution in [0.4, 0.5) is 0 Å². The lowest BCUT2D eigenvalue weighted by Crippen LogP contribution is -2.09. The zero-order chi connectivity index (χ0) is 12.0. The summed E-state index contributed by atoms with van der Waals surface area (Å²) >= 11 is 3.45. The Morgan fingerprint density at radius 2 is 1.75 bits per heavy atom. The summed E-state index contributed by atoms with van der Waals surface area (Å²) in [5.74, 6) is 0.889. The first kappa shape index (κ1) is 13.5. The van der Waals surface area contributed by atoms with Gasteiger partial charge in [-0.3, -0.25) is 0 Å². The summed E-state index contributed by atoms with van der Waals surface area (Å²) in [5.41, 5.74) is 2.20. The Kier molecular flexibility index (Phi) is 5.80. The lowest BCUT2D eigenvalue weighted by molar-refractivity contribution is -0.00905. The minimum Gasteiger partial charge on any atom is -0.467 e. The molecule has 0 N–H and O–H groups in total. The third kappa shape index (κ3) is 4.12. The Morgan fingerprint density at radius 3 is 2.31 bits per heavy atom. The van der Waals surface area contributed by atoms with Gasteiger partial charge in [-0.25, -0.2) is 0 Å². The van der Waals surface area contributed by atoms with E-state index in [4.69, 9.17) is 14.2 Å². The predicted molar refractivity (Wildman–Crippen MR) is 66.9 cm³/mol. The van der Waals surface area contributed by atoms with E-state index in [0.717, 1.165) is 21.3 Å². The standard InChI is InChI=1S/C12H17BrO3/c1-9-6-11(13)7-10(2)12(9)16-8-15-5-4-14-3/h6-7H,4-5,8H2,1-3H3. The van der Waals surface area contributed by atoms with Crippen molar-refractivity contribution in [1.29, 1.82) is 0 Å². The lowest BCUT2D eigenvalue weighted by atomic mass is 10.1. The van der Waals surface area contributed by atoms with Crippen LogP contribution in [0.15, 0.2) is 16.6 Å². The van der Waals surface area contributed by atoms with Crippen LogP contribution in [0.25, 0.3) is 0 Å². The van der Waals surface area contributed by atoms with Crippen LogP contribution in [-0.4, -0.2) is 27.1 Å². The summed E-state index contributed by atoms with van der Waals surface area (Å²) in [7, 11) is 1.65. The van der Waals surface area contributed by atoms with E-state index in [-0.39, 0.29) is 6.79 Å². The summed E-state index contributed by atoms with van der Waals surface area (Å²) in [6.07, 6.45) is 0. The highest BCUT2D eigenvalue weighted by Crippen LogP contribution is 2.27. The van der Waals surface area contributed by atoms with Crippen LogP contribution in [0.1, 0.15) is 11.1 Å². The fourth-order valence-electron chi connectivity index (χ4n) is 1.43. The van der Waals surface area contributed by atoms with Gasteiger partial charge in [0.15, 0.2) is 6.79 Å². The van der Waals surface area contributed by atoms with Crippen LogP contribution in [0.2, 0.25) is 0 Å². The summed E-state index contributed by atoms with van der Waals surface area (Å²) in [6.45, 7) is 5.42. The number of halogens is 1. The maximum Gasteiger partial charge on any atom is 0.189 e. The van der Waals surface area contributed by atoms with Crippen molar-refractivity contribution in [3.8, 4) is 5.75 Å². The molecule has 1 aromatic rings. The van der Waals surface area contributed by atoms with E-state index in [9.17, 15) is 0 Å². The maximum absolute atomic E-state index is 5.57. The van der Waals surface area contributed by atoms with Crippen LogP contribution in [0, 0.1) is 13.8 Å². The van der Waals surface area contributed by atoms with E-state index >= 15 is 0 Å². The molecule has 0 atom stereocenters. The molecule has 0 aliphatic rings. The normalized spacial score (nSPS) is 10.5. The van der Waals surface area contributed by atoms with Crippen LogP contribution >= 0.6 is 15.9 Å². The van der Waals surface area contributed by atoms with Crippen molar-refractivity contribution >= 4 is 15.9 Å². The van der Waals surface area contributed by atoms with E-state index in [1.54, 1.807) is 7.11 Å². The van der Waals surface area contributed by atoms with Gasteiger partial charge in [-0.15, -0.1) is 0 Å². The summed E-state index contributed by atoms with van der Waals surface area (Å²) < 4.78 is 16.8. The highest BCUT2D eigenvalue weighted by Gasteiger charge is 2.05. The van der Waals surface area contributed by atoms with Gasteiger partial charge in [-0.1, -0.05) is 15.9 Å². The average Bonchev–Trinajstić information content (AvgIpc) is 2.20. The number of rotatable bonds is 6. The summed E-state index contributed by atoms with van der Waals surface area (Å²) in [5, 5.41) is 0. The smallest absolute Gasteiger partial charge is 0.189 e. The molecule has 0 spiro atoms. The molecule has 0 aromatic heterocycles. The van der Waals surface area contributed by atoms with Gasteiger partial charge in [-0.05, 0) is 37.1 Å². The van der Waals surface area contributed by atoms with Crippen molar-refractivity contribution < 1.29 is 14.2 Å². The summed E-state index contributed by atoms with van der Waals surface area (Å²) in [4.78, 5) is 0. The molecule has 0 fully saturated rings. The van der Waals surface area contributed by atoms with Crippen molar-refractivity contribution in [2.75, 3.05) is 27.1 Å². The molecule has 3 nitrogen and oxygen atoms in total. The van der Waals surface area contributed by atoms with Gasteiger partial charge >= 0.3 is 0 Å². The fourth-order valence-corrected chi connectivity index (χ4v) is 2.11. The number of hydrogen-bond donors (Lipinski definition) is 0. The molecular formula is C12H17BrO3. The molecule has 1 rings (SSSR count). The molecule has 0 aliphatic carbocycles. The predicted octanol–water partition coefficient (Wildman–Crippen LogP) is 3.07. The number of aryl methyl sites for hydroxylation is 2. The second-order valence-corrected chi connectivity index (χ2v) is 4.45. The average molecular weight is 289 g/mol. The molecule has 0 saturated carbocycles. The van der Waals surface area contributed by atoms with Crippen molar-refractivity contribution in [2.45, 2.75) is 13.8 Å². The number of methoxy groups -OCH3 is 1. The molecule has 0 amide bonds. The molecule has 0 unspecified atom stereocenters. The lowest BCUT2D eigenvalue weighted by Gasteiger charge is -2.12. The van der Waals surface area contributed by atoms with Gasteiger partial charge in [0.1, 0.15) is 5.75 Å². The quantitative estimate of drug-likeness (QED) is 0.595. The topological polar surface area (TPSA) is 27.7 Å². The van der Waals surface area contributed by atoms with Gasteiger partial charge in [0.05, 0.1) is 13.2 Å². The number of benzene rings is 1. The van der Waals surface area contributed by atoms with Crippen molar-refractivity contribution in [3.63, 3.8) is 0 Å². The highest BCUT2D eigenvalue weighted by molar-refractivity contribution is 9.10. The Bertz CT molecular complexity index is 316. The van der Waals surface area contributed by atoms with Gasteiger partial charge in [0, 0.05) is 11.6 Å². The van der Waals surface area contributed by atoms with Gasteiger partial charge < -0.3 is 14.2 Å². The van der Waals surface area contributed by atoms with Crippen LogP contribution < -0.4 is 4.74 Å². The third-order valence-corrected chi connectivity index (χ3v) is 2.60. The van der Waals surface area contributed by atoms with Gasteiger partial charge in [-0.2, -0.15) is 0 Å². The fraction of sp³-hybridized carbons (Fsp3) is 0.500. The zero-order valence-electron chi connectivity index (χ0n) is 9.88. The minimum absolute atomic E-state index is 0.257. The SMILES string of the molecule is COCCOCOc1c(C)cc(Br)cc1C. The van der Waals surface area contributed by atoms with E-state index < -0.39 is 0 Å². The summed E-state index contributed by atoms with van der Waals surface area (Å²) in [6, 6.07) is 4.05. The molecule has 0 heterocycles. The van der Waals surface area contributed by atoms with E-state index in [2.05, 4.69) is 15.9 Å². The molecule has 0 saturated heterocycles. The van der Waals surface area contributed by atoms with Crippen LogP contribution in [0.3, 0.4) is 0 Å². The van der Waals surface area contributed by atoms with Gasteiger partial charge in [0.25, 0.3) is 0 Å². The zero-order valence-corrected chi connectivity index (χ0v) is 11.5. The van der Waals surface area contributed by atoms with E-state index in [1.165, 1.54) is 0 Å². The first-order chi connectivity index (χ1) is 7.65. The Labute approximate surface area is 105 Å². The monoisotopic (exact) mass is 288 g/mol. The second-order valence-electron chi connectivity index (χ2n) is 3.53. The van der Waals surface area contributed by atoms with Crippen LogP contribution in [0.5, 0.6) is 5.75 Å². The van der Waals surface area contributed by atoms with E-state index in [1.807, 2.05) is 26.0 Å². The largest absolute Gasteiger partial charge is 0.467 e. The second kappa shape index (κ2) is 6.89. The Hall–Kier alpha value is -0.580. The third-order valence-electron chi connectivity index (χ3n) is 2.14. The van der Waals surface area contributed by atoms with Crippen molar-refractivity contribution in [2.24, 2.45) is 0 Å². The molecule has 4 heteroatoms. The molecule has 90 valence electrons. The molecule has 0 aliphatic heterocycles. The highest BCUT2D eigenvalue weighted by atomic mass is 79.9. The molecule has 16 heavy (non-hydrogen) atoms. The number of hydrogen-bond acceptors (Lipinski definition) is 3. The number of ether oxygens (including phenoxy) is 3. The Balaban J connectivity index is 2.47.